The van der Waals surface area contributed by atoms with Crippen LogP contribution in [0, 0.1) is 17.8 Å². The lowest BCUT2D eigenvalue weighted by Gasteiger charge is -2.56. The Morgan fingerprint density at radius 1 is 0.929 bits per heavy atom. The van der Waals surface area contributed by atoms with E-state index in [2.05, 4.69) is 10.6 Å². The Kier molecular flexibility index (Phi) is 4.44. The molecular weight excluding hydrogens is 356 g/mol. The zero-order chi connectivity index (χ0) is 19.1. The first-order chi connectivity index (χ1) is 13.6. The largest absolute Gasteiger partial charge is 0.454 e. The summed E-state index contributed by atoms with van der Waals surface area (Å²) in [4.78, 5) is 24.7. The third-order valence-corrected chi connectivity index (χ3v) is 6.95. The van der Waals surface area contributed by atoms with Crippen LogP contribution < -0.4 is 20.1 Å². The van der Waals surface area contributed by atoms with Crippen molar-refractivity contribution < 1.29 is 19.1 Å². The summed E-state index contributed by atoms with van der Waals surface area (Å²) in [6.45, 7) is 0.663. The molecule has 0 unspecified atom stereocenters. The molecule has 4 bridgehead atoms. The minimum absolute atomic E-state index is 0.0226. The standard InChI is InChI=1S/C22H28N2O4/c25-20(23-12-14-1-2-18-19(8-14)28-13-27-18)3-4-21(26)24-22-9-15-5-16(10-22)7-17(6-15)11-22/h1-2,8,15-17H,3-7,9-13H2,(H,23,25)(H,24,26). The molecule has 0 saturated heterocycles. The van der Waals surface area contributed by atoms with Gasteiger partial charge in [0.15, 0.2) is 11.5 Å². The van der Waals surface area contributed by atoms with E-state index in [0.29, 0.717) is 12.3 Å². The number of benzene rings is 1. The van der Waals surface area contributed by atoms with Crippen molar-refractivity contribution in [2.75, 3.05) is 6.79 Å². The molecule has 0 spiro atoms. The van der Waals surface area contributed by atoms with Crippen LogP contribution in [0.3, 0.4) is 0 Å². The Morgan fingerprint density at radius 2 is 1.57 bits per heavy atom. The third kappa shape index (κ3) is 3.56. The van der Waals surface area contributed by atoms with E-state index >= 15 is 0 Å². The molecule has 1 aromatic carbocycles. The average molecular weight is 384 g/mol. The van der Waals surface area contributed by atoms with E-state index in [-0.39, 0.29) is 37.0 Å². The maximum atomic E-state index is 12.5. The van der Waals surface area contributed by atoms with Gasteiger partial charge in [0.25, 0.3) is 0 Å². The number of carbonyl (C=O) groups excluding carboxylic acids is 2. The number of hydrogen-bond acceptors (Lipinski definition) is 4. The van der Waals surface area contributed by atoms with Crippen molar-refractivity contribution in [3.8, 4) is 11.5 Å². The highest BCUT2D eigenvalue weighted by molar-refractivity contribution is 5.84. The van der Waals surface area contributed by atoms with Gasteiger partial charge < -0.3 is 20.1 Å². The van der Waals surface area contributed by atoms with Gasteiger partial charge in [0.2, 0.25) is 18.6 Å². The highest BCUT2D eigenvalue weighted by Gasteiger charge is 2.51. The van der Waals surface area contributed by atoms with E-state index < -0.39 is 0 Å². The fourth-order valence-corrected chi connectivity index (χ4v) is 6.19. The Hall–Kier alpha value is -2.24. The lowest BCUT2D eigenvalue weighted by atomic mass is 9.53. The van der Waals surface area contributed by atoms with Crippen LogP contribution in [0.4, 0.5) is 0 Å². The van der Waals surface area contributed by atoms with Crippen LogP contribution in [-0.4, -0.2) is 24.1 Å². The zero-order valence-electron chi connectivity index (χ0n) is 16.2. The molecule has 4 saturated carbocycles. The predicted octanol–water partition coefficient (Wildman–Crippen LogP) is 2.90. The minimum atomic E-state index is -0.0988. The van der Waals surface area contributed by atoms with Gasteiger partial charge in [0, 0.05) is 24.9 Å². The van der Waals surface area contributed by atoms with Crippen molar-refractivity contribution in [3.05, 3.63) is 23.8 Å². The summed E-state index contributed by atoms with van der Waals surface area (Å²) in [7, 11) is 0. The van der Waals surface area contributed by atoms with Gasteiger partial charge in [0.05, 0.1) is 0 Å². The third-order valence-electron chi connectivity index (χ3n) is 6.95. The molecule has 2 N–H and O–H groups in total. The second-order valence-electron chi connectivity index (χ2n) is 9.21. The number of ether oxygens (including phenoxy) is 2. The number of carbonyl (C=O) groups is 2. The van der Waals surface area contributed by atoms with Gasteiger partial charge in [-0.1, -0.05) is 6.07 Å². The van der Waals surface area contributed by atoms with Gasteiger partial charge in [-0.15, -0.1) is 0 Å². The monoisotopic (exact) mass is 384 g/mol. The SMILES string of the molecule is O=C(CCC(=O)NC12CC3CC(CC(C3)C1)C2)NCc1ccc2c(c1)OCO2. The number of fused-ring (bicyclic) bond motifs is 1. The maximum absolute atomic E-state index is 12.5. The summed E-state index contributed by atoms with van der Waals surface area (Å²) >= 11 is 0. The lowest BCUT2D eigenvalue weighted by Crippen LogP contribution is -2.59. The van der Waals surface area contributed by atoms with Gasteiger partial charge in [0.1, 0.15) is 0 Å². The van der Waals surface area contributed by atoms with Crippen molar-refractivity contribution in [3.63, 3.8) is 0 Å². The molecule has 6 nitrogen and oxygen atoms in total. The predicted molar refractivity (Wildman–Crippen MR) is 103 cm³/mol. The number of rotatable bonds is 6. The van der Waals surface area contributed by atoms with Gasteiger partial charge in [-0.05, 0) is 74.0 Å². The molecule has 1 heterocycles. The second kappa shape index (κ2) is 6.98. The van der Waals surface area contributed by atoms with Gasteiger partial charge in [-0.25, -0.2) is 0 Å². The molecule has 4 aliphatic carbocycles. The minimum Gasteiger partial charge on any atom is -0.454 e. The normalized spacial score (nSPS) is 31.6. The van der Waals surface area contributed by atoms with Crippen molar-refractivity contribution in [1.82, 2.24) is 10.6 Å². The van der Waals surface area contributed by atoms with E-state index in [1.54, 1.807) is 0 Å². The molecule has 1 aromatic rings. The van der Waals surface area contributed by atoms with Crippen molar-refractivity contribution in [2.45, 2.75) is 63.5 Å². The molecule has 4 fully saturated rings. The molecule has 0 aromatic heterocycles. The Balaban J connectivity index is 1.08. The second-order valence-corrected chi connectivity index (χ2v) is 9.21. The first-order valence-electron chi connectivity index (χ1n) is 10.5. The molecule has 150 valence electrons. The summed E-state index contributed by atoms with van der Waals surface area (Å²) < 4.78 is 10.6. The average Bonchev–Trinajstić information content (AvgIpc) is 3.11. The first-order valence-corrected chi connectivity index (χ1v) is 10.5. The van der Waals surface area contributed by atoms with Gasteiger partial charge in [-0.3, -0.25) is 9.59 Å². The van der Waals surface area contributed by atoms with E-state index in [0.717, 1.165) is 48.3 Å². The van der Waals surface area contributed by atoms with Crippen LogP contribution in [0.1, 0.15) is 56.9 Å². The van der Waals surface area contributed by atoms with E-state index in [1.807, 2.05) is 18.2 Å². The molecule has 28 heavy (non-hydrogen) atoms. The fourth-order valence-electron chi connectivity index (χ4n) is 6.19. The first kappa shape index (κ1) is 17.8. The summed E-state index contributed by atoms with van der Waals surface area (Å²) in [5.74, 6) is 3.78. The van der Waals surface area contributed by atoms with Crippen LogP contribution in [0.15, 0.2) is 18.2 Å². The van der Waals surface area contributed by atoms with Crippen LogP contribution in [0.5, 0.6) is 11.5 Å². The number of amides is 2. The number of nitrogens with one attached hydrogen (secondary N) is 2. The molecule has 6 rings (SSSR count). The quantitative estimate of drug-likeness (QED) is 0.791. The van der Waals surface area contributed by atoms with Crippen LogP contribution in [0.25, 0.3) is 0 Å². The van der Waals surface area contributed by atoms with Crippen molar-refractivity contribution in [2.24, 2.45) is 17.8 Å². The Morgan fingerprint density at radius 3 is 2.29 bits per heavy atom. The smallest absolute Gasteiger partial charge is 0.231 e. The molecule has 5 aliphatic rings. The molecule has 0 atom stereocenters. The maximum Gasteiger partial charge on any atom is 0.231 e. The van der Waals surface area contributed by atoms with E-state index in [4.69, 9.17) is 9.47 Å². The highest BCUT2D eigenvalue weighted by atomic mass is 16.7. The Labute approximate surface area is 165 Å². The Bertz CT molecular complexity index is 755. The van der Waals surface area contributed by atoms with E-state index in [1.165, 1.54) is 19.3 Å². The van der Waals surface area contributed by atoms with Gasteiger partial charge >= 0.3 is 0 Å². The van der Waals surface area contributed by atoms with E-state index in [9.17, 15) is 9.59 Å². The lowest BCUT2D eigenvalue weighted by molar-refractivity contribution is -0.130. The van der Waals surface area contributed by atoms with Crippen LogP contribution in [-0.2, 0) is 16.1 Å². The summed E-state index contributed by atoms with van der Waals surface area (Å²) in [6.07, 6.45) is 7.98. The van der Waals surface area contributed by atoms with Crippen molar-refractivity contribution in [1.29, 1.82) is 0 Å². The summed E-state index contributed by atoms with van der Waals surface area (Å²) in [5, 5.41) is 6.22. The molecule has 6 heteroatoms. The molecule has 2 amide bonds. The number of hydrogen-bond donors (Lipinski definition) is 2. The zero-order valence-corrected chi connectivity index (χ0v) is 16.2. The summed E-state index contributed by atoms with van der Waals surface area (Å²) in [5.41, 5.74) is 0.977. The molecule has 0 radical (unpaired) electrons. The summed E-state index contributed by atoms with van der Waals surface area (Å²) in [6, 6.07) is 5.64. The van der Waals surface area contributed by atoms with Crippen LogP contribution in [0.2, 0.25) is 0 Å². The van der Waals surface area contributed by atoms with Gasteiger partial charge in [-0.2, -0.15) is 0 Å². The highest BCUT2D eigenvalue weighted by Crippen LogP contribution is 2.55. The van der Waals surface area contributed by atoms with Crippen LogP contribution >= 0.6 is 0 Å². The molecular formula is C22H28N2O4. The topological polar surface area (TPSA) is 76.7 Å². The fraction of sp³-hybridized carbons (Fsp3) is 0.636. The van der Waals surface area contributed by atoms with Crippen molar-refractivity contribution >= 4 is 11.8 Å². The molecule has 1 aliphatic heterocycles.